The number of nitrogens with zero attached hydrogens (tertiary/aromatic N) is 4. The van der Waals surface area contributed by atoms with Crippen molar-refractivity contribution in [3.05, 3.63) is 145 Å². The first-order chi connectivity index (χ1) is 22.4. The molecule has 0 unspecified atom stereocenters. The maximum Gasteiger partial charge on any atom is 0.144 e. The number of imidazole rings is 1. The molecule has 0 radical (unpaired) electrons. The molecule has 0 atom stereocenters. The molecule has 0 bridgehead atoms. The van der Waals surface area contributed by atoms with Crippen molar-refractivity contribution >= 4 is 22.4 Å². The predicted molar refractivity (Wildman–Crippen MR) is 188 cm³/mol. The third-order valence-corrected chi connectivity index (χ3v) is 8.67. The molecule has 224 valence electrons. The van der Waals surface area contributed by atoms with Crippen LogP contribution in [0.25, 0.3) is 44.8 Å². The van der Waals surface area contributed by atoms with E-state index in [1.165, 1.54) is 5.56 Å². The van der Waals surface area contributed by atoms with Gasteiger partial charge < -0.3 is 14.2 Å². The number of rotatable bonds is 5. The zero-order valence-electron chi connectivity index (χ0n) is 26.2. The van der Waals surface area contributed by atoms with Crippen LogP contribution < -0.4 is 9.64 Å². The monoisotopic (exact) mass is 598 g/mol. The maximum absolute atomic E-state index is 6.67. The van der Waals surface area contributed by atoms with Crippen molar-refractivity contribution in [2.24, 2.45) is 0 Å². The summed E-state index contributed by atoms with van der Waals surface area (Å²) in [6.45, 7) is 7.33. The maximum atomic E-state index is 6.67. The summed E-state index contributed by atoms with van der Waals surface area (Å²) in [7, 11) is 0. The third-order valence-electron chi connectivity index (χ3n) is 8.67. The van der Waals surface area contributed by atoms with Crippen LogP contribution in [0.3, 0.4) is 0 Å². The van der Waals surface area contributed by atoms with Gasteiger partial charge in [0.15, 0.2) is 0 Å². The number of hydrogen-bond donors (Lipinski definition) is 0. The van der Waals surface area contributed by atoms with Crippen molar-refractivity contribution in [1.82, 2.24) is 14.5 Å². The fraction of sp³-hybridized carbons (Fsp3) is 0.122. The standard InChI is InChI=1S/C41H34N4O/c1-41(2,3)31-20-21-42-37(25-31)30-22-29(28-12-5-4-6-13-28)23-34(24-30)46-33-15-11-14-32(26-33)44-27-45-39-19-10-8-17-36(39)43-40(45)35-16-7-9-18-38(35)44/h4-26H,27H2,1-3H3. The Bertz CT molecular complexity index is 2210. The van der Waals surface area contributed by atoms with Gasteiger partial charge in [-0.2, -0.15) is 0 Å². The number of ether oxygens (including phenoxy) is 1. The summed E-state index contributed by atoms with van der Waals surface area (Å²) < 4.78 is 8.96. The molecule has 0 amide bonds. The average molecular weight is 599 g/mol. The van der Waals surface area contributed by atoms with E-state index in [0.717, 1.165) is 67.7 Å². The zero-order valence-corrected chi connectivity index (χ0v) is 26.2. The van der Waals surface area contributed by atoms with E-state index in [1.807, 2.05) is 24.4 Å². The number of fused-ring (bicyclic) bond motifs is 5. The lowest BCUT2D eigenvalue weighted by Crippen LogP contribution is -2.26. The zero-order chi connectivity index (χ0) is 31.3. The van der Waals surface area contributed by atoms with Crippen molar-refractivity contribution in [2.75, 3.05) is 4.90 Å². The Labute approximate surface area is 269 Å². The molecule has 0 saturated heterocycles. The van der Waals surface area contributed by atoms with Gasteiger partial charge in [-0.1, -0.05) is 81.4 Å². The molecule has 8 rings (SSSR count). The molecule has 7 aromatic rings. The summed E-state index contributed by atoms with van der Waals surface area (Å²) in [5.41, 5.74) is 10.8. The van der Waals surface area contributed by atoms with Crippen molar-refractivity contribution in [1.29, 1.82) is 0 Å². The lowest BCUT2D eigenvalue weighted by molar-refractivity contribution is 0.483. The largest absolute Gasteiger partial charge is 0.457 e. The number of hydrogen-bond acceptors (Lipinski definition) is 4. The topological polar surface area (TPSA) is 43.2 Å². The first kappa shape index (κ1) is 27.8. The first-order valence-corrected chi connectivity index (χ1v) is 15.7. The molecule has 2 aromatic heterocycles. The average Bonchev–Trinajstić information content (AvgIpc) is 3.47. The van der Waals surface area contributed by atoms with Gasteiger partial charge in [-0.05, 0) is 88.8 Å². The second kappa shape index (κ2) is 11.0. The van der Waals surface area contributed by atoms with E-state index in [9.17, 15) is 0 Å². The van der Waals surface area contributed by atoms with Crippen molar-refractivity contribution in [3.63, 3.8) is 0 Å². The molecule has 0 spiro atoms. The van der Waals surface area contributed by atoms with Gasteiger partial charge in [0.25, 0.3) is 0 Å². The van der Waals surface area contributed by atoms with Gasteiger partial charge in [-0.3, -0.25) is 4.98 Å². The minimum absolute atomic E-state index is 0.0192. The van der Waals surface area contributed by atoms with Gasteiger partial charge in [-0.15, -0.1) is 0 Å². The van der Waals surface area contributed by atoms with E-state index in [4.69, 9.17) is 14.7 Å². The van der Waals surface area contributed by atoms with E-state index in [-0.39, 0.29) is 5.41 Å². The summed E-state index contributed by atoms with van der Waals surface area (Å²) in [5.74, 6) is 2.53. The molecule has 0 saturated carbocycles. The molecule has 5 aromatic carbocycles. The van der Waals surface area contributed by atoms with Crippen LogP contribution in [-0.4, -0.2) is 14.5 Å². The molecule has 5 heteroatoms. The predicted octanol–water partition coefficient (Wildman–Crippen LogP) is 10.6. The molecule has 3 heterocycles. The molecular formula is C41H34N4O. The summed E-state index contributed by atoms with van der Waals surface area (Å²) in [6.07, 6.45) is 1.90. The number of pyridine rings is 1. The smallest absolute Gasteiger partial charge is 0.144 e. The second-order valence-corrected chi connectivity index (χ2v) is 12.8. The molecule has 5 nitrogen and oxygen atoms in total. The van der Waals surface area contributed by atoms with Crippen LogP contribution in [-0.2, 0) is 12.1 Å². The van der Waals surface area contributed by atoms with Crippen molar-refractivity contribution < 1.29 is 4.74 Å². The molecule has 1 aliphatic rings. The minimum Gasteiger partial charge on any atom is -0.457 e. The van der Waals surface area contributed by atoms with Gasteiger partial charge in [0.05, 0.1) is 22.4 Å². The van der Waals surface area contributed by atoms with Gasteiger partial charge in [0, 0.05) is 29.1 Å². The quantitative estimate of drug-likeness (QED) is 0.198. The van der Waals surface area contributed by atoms with Crippen LogP contribution in [0.1, 0.15) is 26.3 Å². The highest BCUT2D eigenvalue weighted by molar-refractivity contribution is 5.88. The van der Waals surface area contributed by atoms with E-state index in [0.29, 0.717) is 6.67 Å². The fourth-order valence-corrected chi connectivity index (χ4v) is 6.27. The minimum atomic E-state index is 0.0192. The third kappa shape index (κ3) is 5.10. The van der Waals surface area contributed by atoms with E-state index in [2.05, 4.69) is 145 Å². The fourth-order valence-electron chi connectivity index (χ4n) is 6.27. The Morgan fingerprint density at radius 2 is 1.43 bits per heavy atom. The Balaban J connectivity index is 1.18. The number of aromatic nitrogens is 3. The Kier molecular flexibility index (Phi) is 6.68. The van der Waals surface area contributed by atoms with Crippen LogP contribution in [0.15, 0.2) is 140 Å². The number of para-hydroxylation sites is 3. The Hall–Kier alpha value is -5.68. The normalized spacial score (nSPS) is 12.5. The van der Waals surface area contributed by atoms with Crippen molar-refractivity contribution in [2.45, 2.75) is 32.9 Å². The van der Waals surface area contributed by atoms with Gasteiger partial charge in [-0.25, -0.2) is 4.98 Å². The molecule has 0 aliphatic carbocycles. The summed E-state index contributed by atoms with van der Waals surface area (Å²) in [4.78, 5) is 12.1. The van der Waals surface area contributed by atoms with Crippen LogP contribution in [0, 0.1) is 0 Å². The van der Waals surface area contributed by atoms with E-state index >= 15 is 0 Å². The van der Waals surface area contributed by atoms with E-state index in [1.54, 1.807) is 0 Å². The van der Waals surface area contributed by atoms with Crippen LogP contribution in [0.4, 0.5) is 11.4 Å². The Morgan fingerprint density at radius 3 is 2.30 bits per heavy atom. The number of anilines is 2. The highest BCUT2D eigenvalue weighted by Crippen LogP contribution is 2.42. The van der Waals surface area contributed by atoms with Gasteiger partial charge in [0.1, 0.15) is 24.0 Å². The lowest BCUT2D eigenvalue weighted by Gasteiger charge is -2.32. The lowest BCUT2D eigenvalue weighted by atomic mass is 9.87. The Morgan fingerprint density at radius 1 is 0.652 bits per heavy atom. The van der Waals surface area contributed by atoms with Crippen LogP contribution >= 0.6 is 0 Å². The van der Waals surface area contributed by atoms with Gasteiger partial charge >= 0.3 is 0 Å². The van der Waals surface area contributed by atoms with Gasteiger partial charge in [0.2, 0.25) is 0 Å². The second-order valence-electron chi connectivity index (χ2n) is 12.8. The SMILES string of the molecule is CC(C)(C)c1ccnc(-c2cc(Oc3cccc(N4Cn5c(nc6ccccc65)-c5ccccc54)c3)cc(-c3ccccc3)c2)c1. The molecule has 0 N–H and O–H groups in total. The number of benzene rings is 5. The first-order valence-electron chi connectivity index (χ1n) is 15.7. The highest BCUT2D eigenvalue weighted by Gasteiger charge is 2.26. The van der Waals surface area contributed by atoms with Crippen LogP contribution in [0.5, 0.6) is 11.5 Å². The van der Waals surface area contributed by atoms with Crippen LogP contribution in [0.2, 0.25) is 0 Å². The molecule has 46 heavy (non-hydrogen) atoms. The van der Waals surface area contributed by atoms with Crippen molar-refractivity contribution in [3.8, 4) is 45.3 Å². The highest BCUT2D eigenvalue weighted by atomic mass is 16.5. The molecule has 1 aliphatic heterocycles. The molecular weight excluding hydrogens is 564 g/mol. The van der Waals surface area contributed by atoms with E-state index < -0.39 is 0 Å². The molecule has 0 fully saturated rings. The summed E-state index contributed by atoms with van der Waals surface area (Å²) in [6, 6.07) is 46.3. The summed E-state index contributed by atoms with van der Waals surface area (Å²) in [5, 5.41) is 0. The summed E-state index contributed by atoms with van der Waals surface area (Å²) >= 11 is 0.